The SMILES string of the molecule is COC(=O)c1nc(C)cc(N(C)C2CCCNC2)n1. The van der Waals surface area contributed by atoms with Gasteiger partial charge in [0.2, 0.25) is 5.82 Å². The zero-order chi connectivity index (χ0) is 13.8. The van der Waals surface area contributed by atoms with E-state index in [1.807, 2.05) is 20.0 Å². The molecule has 1 aromatic heterocycles. The van der Waals surface area contributed by atoms with Crippen molar-refractivity contribution in [3.63, 3.8) is 0 Å². The molecule has 1 aliphatic rings. The lowest BCUT2D eigenvalue weighted by atomic mass is 10.1. The summed E-state index contributed by atoms with van der Waals surface area (Å²) in [6.07, 6.45) is 2.28. The molecule has 0 spiro atoms. The van der Waals surface area contributed by atoms with E-state index in [2.05, 4.69) is 24.9 Å². The number of rotatable bonds is 3. The molecule has 0 aromatic carbocycles. The molecule has 1 aliphatic heterocycles. The maximum Gasteiger partial charge on any atom is 0.376 e. The number of carbonyl (C=O) groups is 1. The predicted octanol–water partition coefficient (Wildman–Crippen LogP) is 0.760. The Morgan fingerprint density at radius 1 is 1.53 bits per heavy atom. The molecule has 2 heterocycles. The summed E-state index contributed by atoms with van der Waals surface area (Å²) in [6.45, 7) is 3.86. The van der Waals surface area contributed by atoms with Crippen molar-refractivity contribution in [1.82, 2.24) is 15.3 Å². The number of piperidine rings is 1. The lowest BCUT2D eigenvalue weighted by molar-refractivity contribution is 0.0586. The van der Waals surface area contributed by atoms with E-state index in [9.17, 15) is 4.79 Å². The van der Waals surface area contributed by atoms with Crippen molar-refractivity contribution in [3.8, 4) is 0 Å². The Morgan fingerprint density at radius 3 is 2.95 bits per heavy atom. The molecule has 104 valence electrons. The summed E-state index contributed by atoms with van der Waals surface area (Å²) in [5, 5.41) is 3.37. The van der Waals surface area contributed by atoms with Crippen LogP contribution >= 0.6 is 0 Å². The second kappa shape index (κ2) is 5.97. The van der Waals surface area contributed by atoms with Crippen LogP contribution in [0.4, 0.5) is 5.82 Å². The Morgan fingerprint density at radius 2 is 2.32 bits per heavy atom. The van der Waals surface area contributed by atoms with Crippen LogP contribution in [0.5, 0.6) is 0 Å². The van der Waals surface area contributed by atoms with Crippen LogP contribution in [0, 0.1) is 6.92 Å². The van der Waals surface area contributed by atoms with Gasteiger partial charge in [0, 0.05) is 31.4 Å². The van der Waals surface area contributed by atoms with Crippen LogP contribution in [0.2, 0.25) is 0 Å². The van der Waals surface area contributed by atoms with Gasteiger partial charge in [-0.05, 0) is 26.3 Å². The number of nitrogens with one attached hydrogen (secondary N) is 1. The van der Waals surface area contributed by atoms with Crippen molar-refractivity contribution >= 4 is 11.8 Å². The number of esters is 1. The fourth-order valence-electron chi connectivity index (χ4n) is 2.27. The van der Waals surface area contributed by atoms with Gasteiger partial charge in [-0.3, -0.25) is 0 Å². The van der Waals surface area contributed by atoms with Gasteiger partial charge in [-0.15, -0.1) is 0 Å². The van der Waals surface area contributed by atoms with Gasteiger partial charge in [-0.2, -0.15) is 0 Å². The number of anilines is 1. The number of hydrogen-bond donors (Lipinski definition) is 1. The molecule has 6 heteroatoms. The summed E-state index contributed by atoms with van der Waals surface area (Å²) < 4.78 is 4.68. The van der Waals surface area contributed by atoms with Crippen LogP contribution < -0.4 is 10.2 Å². The largest absolute Gasteiger partial charge is 0.463 e. The molecule has 0 aliphatic carbocycles. The highest BCUT2D eigenvalue weighted by atomic mass is 16.5. The number of aromatic nitrogens is 2. The van der Waals surface area contributed by atoms with Gasteiger partial charge < -0.3 is 15.0 Å². The molecule has 2 rings (SSSR count). The molecule has 1 unspecified atom stereocenters. The number of aryl methyl sites for hydroxylation is 1. The Bertz CT molecular complexity index is 458. The average molecular weight is 264 g/mol. The highest BCUT2D eigenvalue weighted by Crippen LogP contribution is 2.18. The van der Waals surface area contributed by atoms with Crippen LogP contribution in [0.15, 0.2) is 6.07 Å². The molecule has 1 fully saturated rings. The molecule has 1 N–H and O–H groups in total. The summed E-state index contributed by atoms with van der Waals surface area (Å²) in [4.78, 5) is 22.0. The van der Waals surface area contributed by atoms with Crippen molar-refractivity contribution < 1.29 is 9.53 Å². The molecule has 0 amide bonds. The number of ether oxygens (including phenoxy) is 1. The fraction of sp³-hybridized carbons (Fsp3) is 0.615. The fourth-order valence-corrected chi connectivity index (χ4v) is 2.27. The number of nitrogens with zero attached hydrogens (tertiary/aromatic N) is 3. The van der Waals surface area contributed by atoms with Crippen molar-refractivity contribution in [2.24, 2.45) is 0 Å². The lowest BCUT2D eigenvalue weighted by Crippen LogP contribution is -2.44. The highest BCUT2D eigenvalue weighted by Gasteiger charge is 2.21. The molecule has 1 aromatic rings. The molecule has 1 saturated heterocycles. The Labute approximate surface area is 113 Å². The average Bonchev–Trinajstić information content (AvgIpc) is 2.45. The molecular formula is C13H20N4O2. The van der Waals surface area contributed by atoms with Gasteiger partial charge in [-0.1, -0.05) is 0 Å². The third-order valence-electron chi connectivity index (χ3n) is 3.39. The zero-order valence-electron chi connectivity index (χ0n) is 11.6. The molecular weight excluding hydrogens is 244 g/mol. The van der Waals surface area contributed by atoms with Crippen molar-refractivity contribution in [2.75, 3.05) is 32.1 Å². The quantitative estimate of drug-likeness (QED) is 0.813. The summed E-state index contributed by atoms with van der Waals surface area (Å²) in [6, 6.07) is 2.29. The van der Waals surface area contributed by atoms with Crippen LogP contribution in [-0.4, -0.2) is 49.2 Å². The predicted molar refractivity (Wildman–Crippen MR) is 72.4 cm³/mol. The minimum absolute atomic E-state index is 0.119. The normalized spacial score (nSPS) is 19.0. The van der Waals surface area contributed by atoms with Crippen molar-refractivity contribution in [3.05, 3.63) is 17.6 Å². The maximum absolute atomic E-state index is 11.5. The monoisotopic (exact) mass is 264 g/mol. The van der Waals surface area contributed by atoms with E-state index >= 15 is 0 Å². The second-order valence-corrected chi connectivity index (χ2v) is 4.79. The summed E-state index contributed by atoms with van der Waals surface area (Å²) in [5.74, 6) is 0.384. The zero-order valence-corrected chi connectivity index (χ0v) is 11.6. The van der Waals surface area contributed by atoms with E-state index in [-0.39, 0.29) is 5.82 Å². The molecule has 0 radical (unpaired) electrons. The number of likely N-dealkylation sites (N-methyl/N-ethyl adjacent to an activating group) is 1. The Kier molecular flexibility index (Phi) is 4.31. The van der Waals surface area contributed by atoms with Crippen molar-refractivity contribution in [1.29, 1.82) is 0 Å². The number of methoxy groups -OCH3 is 1. The van der Waals surface area contributed by atoms with Crippen LogP contribution in [0.3, 0.4) is 0 Å². The van der Waals surface area contributed by atoms with E-state index < -0.39 is 5.97 Å². The topological polar surface area (TPSA) is 67.3 Å². The van der Waals surface area contributed by atoms with Gasteiger partial charge in [0.05, 0.1) is 7.11 Å². The van der Waals surface area contributed by atoms with Gasteiger partial charge in [0.25, 0.3) is 0 Å². The Balaban J connectivity index is 2.23. The van der Waals surface area contributed by atoms with E-state index in [1.54, 1.807) is 0 Å². The minimum atomic E-state index is -0.500. The molecule has 1 atom stereocenters. The van der Waals surface area contributed by atoms with E-state index in [4.69, 9.17) is 0 Å². The van der Waals surface area contributed by atoms with E-state index in [0.29, 0.717) is 6.04 Å². The van der Waals surface area contributed by atoms with Gasteiger partial charge in [0.15, 0.2) is 0 Å². The van der Waals surface area contributed by atoms with Crippen LogP contribution in [0.1, 0.15) is 29.2 Å². The maximum atomic E-state index is 11.5. The number of hydrogen-bond acceptors (Lipinski definition) is 6. The Hall–Kier alpha value is -1.69. The van der Waals surface area contributed by atoms with Crippen LogP contribution in [0.25, 0.3) is 0 Å². The first-order chi connectivity index (χ1) is 9.11. The highest BCUT2D eigenvalue weighted by molar-refractivity contribution is 5.85. The number of carbonyl (C=O) groups excluding carboxylic acids is 1. The summed E-state index contributed by atoms with van der Waals surface area (Å²) in [5.41, 5.74) is 0.765. The van der Waals surface area contributed by atoms with Gasteiger partial charge >= 0.3 is 5.97 Å². The van der Waals surface area contributed by atoms with Crippen molar-refractivity contribution in [2.45, 2.75) is 25.8 Å². The lowest BCUT2D eigenvalue weighted by Gasteiger charge is -2.32. The minimum Gasteiger partial charge on any atom is -0.463 e. The molecule has 6 nitrogen and oxygen atoms in total. The molecule has 0 bridgehead atoms. The molecule has 19 heavy (non-hydrogen) atoms. The third-order valence-corrected chi connectivity index (χ3v) is 3.39. The smallest absolute Gasteiger partial charge is 0.376 e. The second-order valence-electron chi connectivity index (χ2n) is 4.79. The van der Waals surface area contributed by atoms with Gasteiger partial charge in [0.1, 0.15) is 5.82 Å². The summed E-state index contributed by atoms with van der Waals surface area (Å²) in [7, 11) is 3.34. The summed E-state index contributed by atoms with van der Waals surface area (Å²) >= 11 is 0. The third kappa shape index (κ3) is 3.20. The molecule has 0 saturated carbocycles. The first-order valence-electron chi connectivity index (χ1n) is 6.49. The van der Waals surface area contributed by atoms with E-state index in [0.717, 1.165) is 37.4 Å². The first-order valence-corrected chi connectivity index (χ1v) is 6.49. The standard InChI is InChI=1S/C13H20N4O2/c1-9-7-11(16-12(15-9)13(18)19-3)17(2)10-5-4-6-14-8-10/h7,10,14H,4-6,8H2,1-3H3. The first kappa shape index (κ1) is 13.7. The van der Waals surface area contributed by atoms with Gasteiger partial charge in [-0.25, -0.2) is 14.8 Å². The van der Waals surface area contributed by atoms with Crippen LogP contribution in [-0.2, 0) is 4.74 Å². The van der Waals surface area contributed by atoms with E-state index in [1.165, 1.54) is 7.11 Å².